The van der Waals surface area contributed by atoms with E-state index in [2.05, 4.69) is 20.8 Å². The summed E-state index contributed by atoms with van der Waals surface area (Å²) in [4.78, 5) is 19.9. The Kier molecular flexibility index (Phi) is 3.52. The zero-order valence-corrected chi connectivity index (χ0v) is 11.3. The highest BCUT2D eigenvalue weighted by atomic mass is 35.5. The molecule has 0 radical (unpaired) electrons. The Balaban J connectivity index is 1.57. The van der Waals surface area contributed by atoms with E-state index in [-0.39, 0.29) is 17.7 Å². The van der Waals surface area contributed by atoms with Gasteiger partial charge < -0.3 is 0 Å². The second-order valence-electron chi connectivity index (χ2n) is 4.68. The fraction of sp³-hybridized carbons (Fsp3) is 0.214. The van der Waals surface area contributed by atoms with Crippen LogP contribution in [0.4, 0.5) is 5.82 Å². The van der Waals surface area contributed by atoms with Crippen LogP contribution in [-0.2, 0) is 4.79 Å². The zero-order valence-electron chi connectivity index (χ0n) is 10.6. The third-order valence-corrected chi connectivity index (χ3v) is 3.65. The molecule has 20 heavy (non-hydrogen) atoms. The van der Waals surface area contributed by atoms with Crippen molar-refractivity contribution in [3.8, 4) is 0 Å². The van der Waals surface area contributed by atoms with Gasteiger partial charge in [0.05, 0.1) is 6.20 Å². The Labute approximate surface area is 121 Å². The van der Waals surface area contributed by atoms with Crippen LogP contribution in [0.2, 0.25) is 5.02 Å². The summed E-state index contributed by atoms with van der Waals surface area (Å²) < 4.78 is 0. The van der Waals surface area contributed by atoms with Crippen molar-refractivity contribution in [2.24, 2.45) is 5.92 Å². The summed E-state index contributed by atoms with van der Waals surface area (Å²) in [6.07, 6.45) is 5.48. The number of nitrogens with zero attached hydrogens (tertiary/aromatic N) is 2. The van der Waals surface area contributed by atoms with Gasteiger partial charge in [0, 0.05) is 23.3 Å². The number of benzene rings is 1. The Hall–Kier alpha value is -2.14. The molecule has 3 rings (SSSR count). The summed E-state index contributed by atoms with van der Waals surface area (Å²) in [6, 6.07) is 7.64. The Morgan fingerprint density at radius 2 is 2.15 bits per heavy atom. The molecule has 1 aromatic heterocycles. The number of anilines is 1. The number of amides is 1. The number of carbonyl (C=O) groups is 1. The standard InChI is InChI=1S/C14H13ClN4O/c15-12-4-2-1-3-9(12)10-7-11(10)14(20)19-18-13-8-16-5-6-17-13/h1-6,8,10-11H,7H2,(H,17,18)(H,19,20)/t10-,11-/m1/s1. The smallest absolute Gasteiger partial charge is 0.242 e. The molecule has 1 fully saturated rings. The number of hydrazine groups is 1. The van der Waals surface area contributed by atoms with E-state index in [0.29, 0.717) is 5.82 Å². The fourth-order valence-electron chi connectivity index (χ4n) is 2.19. The number of halogens is 1. The predicted molar refractivity (Wildman–Crippen MR) is 76.1 cm³/mol. The summed E-state index contributed by atoms with van der Waals surface area (Å²) in [5.74, 6) is 0.614. The van der Waals surface area contributed by atoms with Crippen LogP contribution in [0.25, 0.3) is 0 Å². The monoisotopic (exact) mass is 288 g/mol. The van der Waals surface area contributed by atoms with Crippen molar-refractivity contribution >= 4 is 23.3 Å². The highest BCUT2D eigenvalue weighted by molar-refractivity contribution is 6.31. The first-order valence-corrected chi connectivity index (χ1v) is 6.70. The van der Waals surface area contributed by atoms with Gasteiger partial charge in [-0.3, -0.25) is 20.6 Å². The van der Waals surface area contributed by atoms with Crippen molar-refractivity contribution in [1.82, 2.24) is 15.4 Å². The Morgan fingerprint density at radius 3 is 2.90 bits per heavy atom. The molecule has 0 bridgehead atoms. The average molecular weight is 289 g/mol. The molecular weight excluding hydrogens is 276 g/mol. The summed E-state index contributed by atoms with van der Waals surface area (Å²) >= 11 is 6.14. The zero-order chi connectivity index (χ0) is 13.9. The van der Waals surface area contributed by atoms with Gasteiger partial charge in [0.15, 0.2) is 5.82 Å². The molecule has 1 saturated carbocycles. The third kappa shape index (κ3) is 2.72. The van der Waals surface area contributed by atoms with Crippen LogP contribution in [0.1, 0.15) is 17.9 Å². The quantitative estimate of drug-likeness (QED) is 0.848. The Bertz CT molecular complexity index is 620. The molecule has 5 nitrogen and oxygen atoms in total. The number of hydrogen-bond donors (Lipinski definition) is 2. The van der Waals surface area contributed by atoms with Crippen LogP contribution in [-0.4, -0.2) is 15.9 Å². The summed E-state index contributed by atoms with van der Waals surface area (Å²) in [5.41, 5.74) is 6.43. The summed E-state index contributed by atoms with van der Waals surface area (Å²) in [5, 5.41) is 0.717. The molecule has 0 aliphatic heterocycles. The largest absolute Gasteiger partial charge is 0.281 e. The molecule has 2 N–H and O–H groups in total. The van der Waals surface area contributed by atoms with E-state index >= 15 is 0 Å². The van der Waals surface area contributed by atoms with E-state index in [1.165, 1.54) is 0 Å². The first kappa shape index (κ1) is 12.9. The van der Waals surface area contributed by atoms with E-state index in [9.17, 15) is 4.79 Å². The van der Waals surface area contributed by atoms with Crippen molar-refractivity contribution in [2.75, 3.05) is 5.43 Å². The van der Waals surface area contributed by atoms with Gasteiger partial charge in [-0.05, 0) is 24.0 Å². The van der Waals surface area contributed by atoms with Crippen molar-refractivity contribution in [1.29, 1.82) is 0 Å². The van der Waals surface area contributed by atoms with Gasteiger partial charge in [0.25, 0.3) is 0 Å². The molecular formula is C14H13ClN4O. The third-order valence-electron chi connectivity index (χ3n) is 3.31. The number of rotatable bonds is 4. The van der Waals surface area contributed by atoms with Crippen LogP contribution >= 0.6 is 11.6 Å². The van der Waals surface area contributed by atoms with Gasteiger partial charge in [-0.25, -0.2) is 4.98 Å². The van der Waals surface area contributed by atoms with Crippen molar-refractivity contribution < 1.29 is 4.79 Å². The maximum Gasteiger partial charge on any atom is 0.242 e. The molecule has 0 unspecified atom stereocenters. The second kappa shape index (κ2) is 5.46. The maximum absolute atomic E-state index is 12.0. The highest BCUT2D eigenvalue weighted by Gasteiger charge is 2.44. The minimum Gasteiger partial charge on any atom is -0.281 e. The molecule has 1 aromatic carbocycles. The highest BCUT2D eigenvalue weighted by Crippen LogP contribution is 2.49. The molecule has 0 saturated heterocycles. The normalized spacial score (nSPS) is 20.2. The second-order valence-corrected chi connectivity index (χ2v) is 5.08. The molecule has 2 atom stereocenters. The SMILES string of the molecule is O=C(NNc1cnccn1)[C@@H]1C[C@@H]1c1ccccc1Cl. The lowest BCUT2D eigenvalue weighted by atomic mass is 10.1. The lowest BCUT2D eigenvalue weighted by molar-refractivity contribution is -0.121. The number of carbonyl (C=O) groups excluding carboxylic acids is 1. The minimum absolute atomic E-state index is 0.0425. The minimum atomic E-state index is -0.0550. The number of hydrogen-bond acceptors (Lipinski definition) is 4. The van der Waals surface area contributed by atoms with Crippen LogP contribution in [0, 0.1) is 5.92 Å². The van der Waals surface area contributed by atoms with Crippen molar-refractivity contribution in [3.05, 3.63) is 53.4 Å². The van der Waals surface area contributed by atoms with E-state index in [0.717, 1.165) is 17.0 Å². The lowest BCUT2D eigenvalue weighted by Gasteiger charge is -2.07. The van der Waals surface area contributed by atoms with Gasteiger partial charge in [-0.1, -0.05) is 29.8 Å². The van der Waals surface area contributed by atoms with Gasteiger partial charge in [-0.15, -0.1) is 0 Å². The first-order chi connectivity index (χ1) is 9.75. The van der Waals surface area contributed by atoms with Gasteiger partial charge in [0.1, 0.15) is 0 Å². The molecule has 0 spiro atoms. The number of nitrogens with one attached hydrogen (secondary N) is 2. The van der Waals surface area contributed by atoms with Crippen LogP contribution < -0.4 is 10.9 Å². The Morgan fingerprint density at radius 1 is 1.30 bits per heavy atom. The maximum atomic E-state index is 12.0. The molecule has 6 heteroatoms. The molecule has 102 valence electrons. The van der Waals surface area contributed by atoms with Gasteiger partial charge in [0.2, 0.25) is 5.91 Å². The van der Waals surface area contributed by atoms with Crippen LogP contribution in [0.15, 0.2) is 42.9 Å². The lowest BCUT2D eigenvalue weighted by Crippen LogP contribution is -2.31. The van der Waals surface area contributed by atoms with E-state index in [4.69, 9.17) is 11.6 Å². The van der Waals surface area contributed by atoms with Gasteiger partial charge >= 0.3 is 0 Å². The topological polar surface area (TPSA) is 66.9 Å². The predicted octanol–water partition coefficient (Wildman–Crippen LogP) is 2.38. The van der Waals surface area contributed by atoms with Crippen molar-refractivity contribution in [3.63, 3.8) is 0 Å². The molecule has 1 amide bonds. The fourth-order valence-corrected chi connectivity index (χ4v) is 2.46. The molecule has 2 aromatic rings. The molecule has 1 aliphatic rings. The number of aromatic nitrogens is 2. The van der Waals surface area contributed by atoms with Gasteiger partial charge in [-0.2, -0.15) is 0 Å². The molecule has 1 aliphatic carbocycles. The van der Waals surface area contributed by atoms with E-state index < -0.39 is 0 Å². The first-order valence-electron chi connectivity index (χ1n) is 6.32. The van der Waals surface area contributed by atoms with E-state index in [1.54, 1.807) is 18.6 Å². The van der Waals surface area contributed by atoms with Crippen molar-refractivity contribution in [2.45, 2.75) is 12.3 Å². The summed E-state index contributed by atoms with van der Waals surface area (Å²) in [6.45, 7) is 0. The van der Waals surface area contributed by atoms with Crippen LogP contribution in [0.5, 0.6) is 0 Å². The summed E-state index contributed by atoms with van der Waals surface area (Å²) in [7, 11) is 0. The average Bonchev–Trinajstić information content (AvgIpc) is 3.27. The van der Waals surface area contributed by atoms with E-state index in [1.807, 2.05) is 24.3 Å². The van der Waals surface area contributed by atoms with Crippen LogP contribution in [0.3, 0.4) is 0 Å². The molecule has 1 heterocycles.